The highest BCUT2D eigenvalue weighted by atomic mass is 32.2. The van der Waals surface area contributed by atoms with E-state index in [9.17, 15) is 24.3 Å². The van der Waals surface area contributed by atoms with Crippen LogP contribution in [0.5, 0.6) is 0 Å². The molecule has 1 rings (SSSR count). The molecule has 3 amide bonds. The molecule has 4 unspecified atom stereocenters. The number of carboxylic acid groups (broad SMARTS) is 1. The fourth-order valence-electron chi connectivity index (χ4n) is 2.87. The third-order valence-corrected chi connectivity index (χ3v) is 5.23. The molecular weight excluding hydrogens is 436 g/mol. The van der Waals surface area contributed by atoms with E-state index in [-0.39, 0.29) is 18.8 Å². The quantitative estimate of drug-likeness (QED) is 0.213. The largest absolute Gasteiger partial charge is 0.480 e. The van der Waals surface area contributed by atoms with Crippen molar-refractivity contribution in [2.24, 2.45) is 11.7 Å². The van der Waals surface area contributed by atoms with E-state index < -0.39 is 47.9 Å². The van der Waals surface area contributed by atoms with Gasteiger partial charge in [-0.05, 0) is 37.7 Å². The normalized spacial score (nSPS) is 14.8. The first kappa shape index (κ1) is 27.4. The lowest BCUT2D eigenvalue weighted by molar-refractivity contribution is -0.142. The average Bonchev–Trinajstić information content (AvgIpc) is 3.22. The Labute approximate surface area is 192 Å². The third kappa shape index (κ3) is 9.69. The summed E-state index contributed by atoms with van der Waals surface area (Å²) >= 11 is 1.49. The SMILES string of the molecule is CSCCC(NC(=O)C(Cc1cnc[nH]1)NC(=O)C(C)N)C(=O)NC(CC(C)C)C(=O)O. The fourth-order valence-corrected chi connectivity index (χ4v) is 3.34. The van der Waals surface area contributed by atoms with Gasteiger partial charge in [-0.3, -0.25) is 14.4 Å². The molecular formula is C20H34N6O5S. The van der Waals surface area contributed by atoms with Gasteiger partial charge in [-0.2, -0.15) is 11.8 Å². The van der Waals surface area contributed by atoms with Gasteiger partial charge in [-0.1, -0.05) is 13.8 Å². The smallest absolute Gasteiger partial charge is 0.326 e. The molecule has 0 aliphatic heterocycles. The number of H-pyrrole nitrogens is 1. The number of imidazole rings is 1. The Morgan fingerprint density at radius 3 is 2.16 bits per heavy atom. The van der Waals surface area contributed by atoms with Gasteiger partial charge < -0.3 is 31.8 Å². The van der Waals surface area contributed by atoms with Gasteiger partial charge in [0.15, 0.2) is 0 Å². The zero-order valence-corrected chi connectivity index (χ0v) is 19.7. The van der Waals surface area contributed by atoms with E-state index >= 15 is 0 Å². The minimum Gasteiger partial charge on any atom is -0.480 e. The molecule has 0 aliphatic carbocycles. The van der Waals surface area contributed by atoms with Crippen molar-refractivity contribution >= 4 is 35.5 Å². The number of aromatic nitrogens is 2. The number of thioether (sulfide) groups is 1. The third-order valence-electron chi connectivity index (χ3n) is 4.59. The zero-order chi connectivity index (χ0) is 24.3. The fraction of sp³-hybridized carbons (Fsp3) is 0.650. The number of nitrogens with zero attached hydrogens (tertiary/aromatic N) is 1. The molecule has 0 fully saturated rings. The molecule has 0 saturated carbocycles. The number of carbonyl (C=O) groups is 4. The first-order chi connectivity index (χ1) is 15.0. The number of nitrogens with two attached hydrogens (primary N) is 1. The maximum absolute atomic E-state index is 13.0. The lowest BCUT2D eigenvalue weighted by Gasteiger charge is -2.25. The van der Waals surface area contributed by atoms with Crippen molar-refractivity contribution < 1.29 is 24.3 Å². The van der Waals surface area contributed by atoms with Gasteiger partial charge >= 0.3 is 5.97 Å². The molecule has 11 nitrogen and oxygen atoms in total. The van der Waals surface area contributed by atoms with Crippen LogP contribution >= 0.6 is 11.8 Å². The maximum atomic E-state index is 13.0. The van der Waals surface area contributed by atoms with Crippen LogP contribution in [-0.4, -0.2) is 74.9 Å². The minimum absolute atomic E-state index is 0.0582. The van der Waals surface area contributed by atoms with Crippen LogP contribution in [0, 0.1) is 5.92 Å². The second-order valence-corrected chi connectivity index (χ2v) is 8.99. The molecule has 32 heavy (non-hydrogen) atoms. The van der Waals surface area contributed by atoms with Crippen molar-refractivity contribution in [1.29, 1.82) is 0 Å². The lowest BCUT2D eigenvalue weighted by Crippen LogP contribution is -2.57. The van der Waals surface area contributed by atoms with E-state index in [0.29, 0.717) is 17.9 Å². The van der Waals surface area contributed by atoms with Crippen LogP contribution in [-0.2, 0) is 25.6 Å². The van der Waals surface area contributed by atoms with Crippen LogP contribution < -0.4 is 21.7 Å². The van der Waals surface area contributed by atoms with Crippen molar-refractivity contribution in [2.45, 2.75) is 64.2 Å². The summed E-state index contributed by atoms with van der Waals surface area (Å²) in [5, 5.41) is 17.2. The lowest BCUT2D eigenvalue weighted by atomic mass is 10.0. The molecule has 1 aromatic rings. The van der Waals surface area contributed by atoms with Gasteiger partial charge in [0.1, 0.15) is 18.1 Å². The van der Waals surface area contributed by atoms with Gasteiger partial charge in [0, 0.05) is 18.3 Å². The van der Waals surface area contributed by atoms with Crippen LogP contribution in [0.1, 0.15) is 39.3 Å². The van der Waals surface area contributed by atoms with E-state index in [1.807, 2.05) is 20.1 Å². The predicted molar refractivity (Wildman–Crippen MR) is 122 cm³/mol. The summed E-state index contributed by atoms with van der Waals surface area (Å²) in [6.45, 7) is 5.21. The number of carbonyl (C=O) groups excluding carboxylic acids is 3. The van der Waals surface area contributed by atoms with Crippen LogP contribution in [0.15, 0.2) is 12.5 Å². The van der Waals surface area contributed by atoms with Crippen molar-refractivity contribution in [3.05, 3.63) is 18.2 Å². The molecule has 0 saturated heterocycles. The number of nitrogens with one attached hydrogen (secondary N) is 4. The van der Waals surface area contributed by atoms with Crippen LogP contribution in [0.2, 0.25) is 0 Å². The van der Waals surface area contributed by atoms with E-state index in [1.54, 1.807) is 0 Å². The molecule has 7 N–H and O–H groups in total. The molecule has 1 aromatic heterocycles. The Hall–Kier alpha value is -2.60. The van der Waals surface area contributed by atoms with Gasteiger partial charge in [-0.25, -0.2) is 9.78 Å². The second kappa shape index (κ2) is 13.7. The molecule has 0 spiro atoms. The number of carboxylic acids is 1. The van der Waals surface area contributed by atoms with Crippen molar-refractivity contribution in [2.75, 3.05) is 12.0 Å². The monoisotopic (exact) mass is 470 g/mol. The molecule has 180 valence electrons. The van der Waals surface area contributed by atoms with Gasteiger partial charge in [0.2, 0.25) is 17.7 Å². The summed E-state index contributed by atoms with van der Waals surface area (Å²) in [5.41, 5.74) is 6.22. The topological polar surface area (TPSA) is 179 Å². The average molecular weight is 471 g/mol. The number of aromatic amines is 1. The summed E-state index contributed by atoms with van der Waals surface area (Å²) in [4.78, 5) is 56.2. The number of aliphatic carboxylic acids is 1. The standard InChI is InChI=1S/C20H34N6O5S/c1-11(2)7-16(20(30)31)26-18(28)14(5-6-32-4)24-19(29)15(25-17(27)12(3)21)8-13-9-22-10-23-13/h9-12,14-16H,5-8,21H2,1-4H3,(H,22,23)(H,24,29)(H,25,27)(H,26,28)(H,30,31). The van der Waals surface area contributed by atoms with E-state index in [0.717, 1.165) is 0 Å². The predicted octanol–water partition coefficient (Wildman–Crippen LogP) is -0.362. The molecule has 4 atom stereocenters. The summed E-state index contributed by atoms with van der Waals surface area (Å²) in [5.74, 6) is -2.19. The Morgan fingerprint density at radius 1 is 1.06 bits per heavy atom. The Kier molecular flexibility index (Phi) is 11.8. The summed E-state index contributed by atoms with van der Waals surface area (Å²) < 4.78 is 0. The summed E-state index contributed by atoms with van der Waals surface area (Å²) in [6.07, 6.45) is 5.51. The highest BCUT2D eigenvalue weighted by Gasteiger charge is 2.30. The first-order valence-corrected chi connectivity index (χ1v) is 11.8. The van der Waals surface area contributed by atoms with Crippen molar-refractivity contribution in [3.8, 4) is 0 Å². The van der Waals surface area contributed by atoms with Gasteiger partial charge in [-0.15, -0.1) is 0 Å². The molecule has 0 bridgehead atoms. The van der Waals surface area contributed by atoms with Crippen molar-refractivity contribution in [3.63, 3.8) is 0 Å². The highest BCUT2D eigenvalue weighted by Crippen LogP contribution is 2.08. The Balaban J connectivity index is 2.98. The first-order valence-electron chi connectivity index (χ1n) is 10.4. The number of hydrogen-bond acceptors (Lipinski definition) is 7. The van der Waals surface area contributed by atoms with Crippen LogP contribution in [0.25, 0.3) is 0 Å². The van der Waals surface area contributed by atoms with Crippen molar-refractivity contribution in [1.82, 2.24) is 25.9 Å². The van der Waals surface area contributed by atoms with Gasteiger partial charge in [0.25, 0.3) is 0 Å². The molecule has 0 aliphatic rings. The van der Waals surface area contributed by atoms with Gasteiger partial charge in [0.05, 0.1) is 12.4 Å². The summed E-state index contributed by atoms with van der Waals surface area (Å²) in [6, 6.07) is -3.84. The second-order valence-electron chi connectivity index (χ2n) is 8.00. The Morgan fingerprint density at radius 2 is 1.66 bits per heavy atom. The molecule has 0 radical (unpaired) electrons. The molecule has 12 heteroatoms. The molecule has 0 aromatic carbocycles. The van der Waals surface area contributed by atoms with E-state index in [4.69, 9.17) is 5.73 Å². The van der Waals surface area contributed by atoms with Crippen LogP contribution in [0.3, 0.4) is 0 Å². The number of rotatable bonds is 14. The minimum atomic E-state index is -1.14. The maximum Gasteiger partial charge on any atom is 0.326 e. The number of hydrogen-bond donors (Lipinski definition) is 6. The number of amides is 3. The highest BCUT2D eigenvalue weighted by molar-refractivity contribution is 7.98. The summed E-state index contributed by atoms with van der Waals surface area (Å²) in [7, 11) is 0. The van der Waals surface area contributed by atoms with E-state index in [2.05, 4.69) is 25.9 Å². The zero-order valence-electron chi connectivity index (χ0n) is 18.9. The van der Waals surface area contributed by atoms with Crippen LogP contribution in [0.4, 0.5) is 0 Å². The Bertz CT molecular complexity index is 756. The molecule has 1 heterocycles. The van der Waals surface area contributed by atoms with E-state index in [1.165, 1.54) is 31.2 Å².